The fourth-order valence-electron chi connectivity index (χ4n) is 1.75. The van der Waals surface area contributed by atoms with Crippen LogP contribution in [0.25, 0.3) is 0 Å². The van der Waals surface area contributed by atoms with Gasteiger partial charge in [-0.2, -0.15) is 0 Å². The first-order valence-corrected chi connectivity index (χ1v) is 5.23. The van der Waals surface area contributed by atoms with E-state index in [-0.39, 0.29) is 0 Å². The van der Waals surface area contributed by atoms with E-state index < -0.39 is 0 Å². The summed E-state index contributed by atoms with van der Waals surface area (Å²) in [6.07, 6.45) is 1.56. The molecule has 1 heterocycles. The molecule has 1 aliphatic rings. The maximum Gasteiger partial charge on any atom is 0.0723 e. The van der Waals surface area contributed by atoms with Gasteiger partial charge in [-0.05, 0) is 31.0 Å². The molecule has 2 heteroatoms. The maximum atomic E-state index is 5.81. The third-order valence-corrected chi connectivity index (χ3v) is 2.75. The molecule has 0 aromatic heterocycles. The van der Waals surface area contributed by atoms with Gasteiger partial charge in [0.25, 0.3) is 0 Å². The van der Waals surface area contributed by atoms with E-state index in [0.717, 1.165) is 26.1 Å². The van der Waals surface area contributed by atoms with Gasteiger partial charge < -0.3 is 10.1 Å². The Labute approximate surface area is 85.3 Å². The number of nitrogens with one attached hydrogen (secondary N) is 1. The van der Waals surface area contributed by atoms with Crippen LogP contribution in [0.2, 0.25) is 0 Å². The molecule has 1 unspecified atom stereocenters. The molecule has 0 saturated carbocycles. The SMILES string of the molecule is Cc1ccccc1COC1CCNC1. The van der Waals surface area contributed by atoms with Crippen LogP contribution < -0.4 is 5.32 Å². The lowest BCUT2D eigenvalue weighted by molar-refractivity contribution is 0.0539. The number of rotatable bonds is 3. The van der Waals surface area contributed by atoms with Crippen LogP contribution in [0, 0.1) is 6.92 Å². The maximum absolute atomic E-state index is 5.81. The van der Waals surface area contributed by atoms with Crippen LogP contribution in [0.5, 0.6) is 0 Å². The third-order valence-electron chi connectivity index (χ3n) is 2.75. The first-order valence-electron chi connectivity index (χ1n) is 5.23. The Morgan fingerprint density at radius 2 is 2.29 bits per heavy atom. The molecule has 76 valence electrons. The average molecular weight is 191 g/mol. The zero-order valence-corrected chi connectivity index (χ0v) is 8.62. The zero-order valence-electron chi connectivity index (χ0n) is 8.62. The molecule has 1 aromatic carbocycles. The largest absolute Gasteiger partial charge is 0.372 e. The predicted molar refractivity (Wildman–Crippen MR) is 57.2 cm³/mol. The Morgan fingerprint density at radius 3 is 3.00 bits per heavy atom. The summed E-state index contributed by atoms with van der Waals surface area (Å²) in [5.41, 5.74) is 2.62. The van der Waals surface area contributed by atoms with Crippen molar-refractivity contribution in [3.8, 4) is 0 Å². The Hall–Kier alpha value is -0.860. The number of hydrogen-bond donors (Lipinski definition) is 1. The van der Waals surface area contributed by atoms with Gasteiger partial charge in [0.2, 0.25) is 0 Å². The van der Waals surface area contributed by atoms with Crippen molar-refractivity contribution in [2.75, 3.05) is 13.1 Å². The molecule has 0 radical (unpaired) electrons. The summed E-state index contributed by atoms with van der Waals surface area (Å²) >= 11 is 0. The quantitative estimate of drug-likeness (QED) is 0.787. The van der Waals surface area contributed by atoms with E-state index >= 15 is 0 Å². The summed E-state index contributed by atoms with van der Waals surface area (Å²) < 4.78 is 5.81. The van der Waals surface area contributed by atoms with Gasteiger partial charge in [0.1, 0.15) is 0 Å². The van der Waals surface area contributed by atoms with Crippen molar-refractivity contribution in [2.24, 2.45) is 0 Å². The molecular weight excluding hydrogens is 174 g/mol. The van der Waals surface area contributed by atoms with Gasteiger partial charge in [-0.3, -0.25) is 0 Å². The van der Waals surface area contributed by atoms with Gasteiger partial charge >= 0.3 is 0 Å². The van der Waals surface area contributed by atoms with Gasteiger partial charge in [-0.1, -0.05) is 24.3 Å². The Morgan fingerprint density at radius 1 is 1.43 bits per heavy atom. The first kappa shape index (κ1) is 9.69. The molecular formula is C12H17NO. The standard InChI is InChI=1S/C12H17NO/c1-10-4-2-3-5-11(10)9-14-12-6-7-13-8-12/h2-5,12-13H,6-9H2,1H3. The number of aryl methyl sites for hydroxylation is 1. The van der Waals surface area contributed by atoms with E-state index in [9.17, 15) is 0 Å². The van der Waals surface area contributed by atoms with Crippen molar-refractivity contribution in [2.45, 2.75) is 26.1 Å². The van der Waals surface area contributed by atoms with E-state index in [2.05, 4.69) is 36.5 Å². The Kier molecular flexibility index (Phi) is 3.17. The van der Waals surface area contributed by atoms with Crippen molar-refractivity contribution >= 4 is 0 Å². The molecule has 14 heavy (non-hydrogen) atoms. The van der Waals surface area contributed by atoms with E-state index in [0.29, 0.717) is 6.10 Å². The zero-order chi connectivity index (χ0) is 9.80. The summed E-state index contributed by atoms with van der Waals surface area (Å²) in [6.45, 7) is 4.98. The van der Waals surface area contributed by atoms with E-state index in [4.69, 9.17) is 4.74 Å². The van der Waals surface area contributed by atoms with Gasteiger partial charge in [0.05, 0.1) is 12.7 Å². The lowest BCUT2D eigenvalue weighted by Gasteiger charge is -2.11. The molecule has 0 spiro atoms. The molecule has 2 rings (SSSR count). The van der Waals surface area contributed by atoms with Gasteiger partial charge in [-0.25, -0.2) is 0 Å². The minimum absolute atomic E-state index is 0.412. The third kappa shape index (κ3) is 2.34. The summed E-state index contributed by atoms with van der Waals surface area (Å²) in [6, 6.07) is 8.40. The van der Waals surface area contributed by atoms with E-state index in [1.165, 1.54) is 11.1 Å². The van der Waals surface area contributed by atoms with Crippen molar-refractivity contribution < 1.29 is 4.74 Å². The van der Waals surface area contributed by atoms with Crippen LogP contribution in [-0.4, -0.2) is 19.2 Å². The molecule has 1 atom stereocenters. The van der Waals surface area contributed by atoms with Crippen molar-refractivity contribution in [1.29, 1.82) is 0 Å². The van der Waals surface area contributed by atoms with Crippen LogP contribution >= 0.6 is 0 Å². The highest BCUT2D eigenvalue weighted by Gasteiger charge is 2.14. The van der Waals surface area contributed by atoms with E-state index in [1.54, 1.807) is 0 Å². The molecule has 1 aromatic rings. The summed E-state index contributed by atoms with van der Waals surface area (Å²) in [5, 5.41) is 3.30. The predicted octanol–water partition coefficient (Wildman–Crippen LogP) is 1.87. The minimum Gasteiger partial charge on any atom is -0.372 e. The molecule has 1 N–H and O–H groups in total. The molecule has 0 amide bonds. The molecule has 0 bridgehead atoms. The monoisotopic (exact) mass is 191 g/mol. The molecule has 2 nitrogen and oxygen atoms in total. The van der Waals surface area contributed by atoms with Crippen LogP contribution in [-0.2, 0) is 11.3 Å². The van der Waals surface area contributed by atoms with Crippen molar-refractivity contribution in [3.63, 3.8) is 0 Å². The minimum atomic E-state index is 0.412. The van der Waals surface area contributed by atoms with Gasteiger partial charge in [-0.15, -0.1) is 0 Å². The fraction of sp³-hybridized carbons (Fsp3) is 0.500. The Balaban J connectivity index is 1.88. The molecule has 1 aliphatic heterocycles. The molecule has 0 aliphatic carbocycles. The smallest absolute Gasteiger partial charge is 0.0723 e. The highest BCUT2D eigenvalue weighted by Crippen LogP contribution is 2.11. The summed E-state index contributed by atoms with van der Waals surface area (Å²) in [5.74, 6) is 0. The second-order valence-electron chi connectivity index (χ2n) is 3.85. The highest BCUT2D eigenvalue weighted by atomic mass is 16.5. The van der Waals surface area contributed by atoms with Crippen molar-refractivity contribution in [1.82, 2.24) is 5.32 Å². The van der Waals surface area contributed by atoms with Gasteiger partial charge in [0.15, 0.2) is 0 Å². The summed E-state index contributed by atoms with van der Waals surface area (Å²) in [7, 11) is 0. The lowest BCUT2D eigenvalue weighted by Crippen LogP contribution is -2.16. The van der Waals surface area contributed by atoms with Crippen molar-refractivity contribution in [3.05, 3.63) is 35.4 Å². The number of hydrogen-bond acceptors (Lipinski definition) is 2. The van der Waals surface area contributed by atoms with Gasteiger partial charge in [0, 0.05) is 6.54 Å². The second kappa shape index (κ2) is 4.58. The van der Waals surface area contributed by atoms with Crippen LogP contribution in [0.1, 0.15) is 17.5 Å². The summed E-state index contributed by atoms with van der Waals surface area (Å²) in [4.78, 5) is 0. The van der Waals surface area contributed by atoms with Crippen LogP contribution in [0.15, 0.2) is 24.3 Å². The number of ether oxygens (including phenoxy) is 1. The van der Waals surface area contributed by atoms with Crippen LogP contribution in [0.4, 0.5) is 0 Å². The highest BCUT2D eigenvalue weighted by molar-refractivity contribution is 5.24. The van der Waals surface area contributed by atoms with E-state index in [1.807, 2.05) is 0 Å². The Bertz CT molecular complexity index is 292. The normalized spacial score (nSPS) is 21.4. The topological polar surface area (TPSA) is 21.3 Å². The van der Waals surface area contributed by atoms with Crippen LogP contribution in [0.3, 0.4) is 0 Å². The second-order valence-corrected chi connectivity index (χ2v) is 3.85. The number of benzene rings is 1. The average Bonchev–Trinajstić information content (AvgIpc) is 2.69. The fourth-order valence-corrected chi connectivity index (χ4v) is 1.75. The first-order chi connectivity index (χ1) is 6.86. The lowest BCUT2D eigenvalue weighted by atomic mass is 10.1. The molecule has 1 saturated heterocycles. The molecule has 1 fully saturated rings.